The van der Waals surface area contributed by atoms with Crippen molar-refractivity contribution in [2.24, 2.45) is 0 Å². The van der Waals surface area contributed by atoms with Gasteiger partial charge in [-0.25, -0.2) is 4.98 Å². The minimum absolute atomic E-state index is 0.0513. The average molecular weight is 281 g/mol. The number of aliphatic hydroxyl groups excluding tert-OH is 1. The lowest BCUT2D eigenvalue weighted by Crippen LogP contribution is -1.98. The van der Waals surface area contributed by atoms with Crippen LogP contribution in [0.1, 0.15) is 11.3 Å². The van der Waals surface area contributed by atoms with Gasteiger partial charge in [-0.05, 0) is 18.2 Å². The van der Waals surface area contributed by atoms with Crippen molar-refractivity contribution in [2.75, 3.05) is 0 Å². The molecule has 0 saturated carbocycles. The fourth-order valence-electron chi connectivity index (χ4n) is 2.01. The van der Waals surface area contributed by atoms with E-state index in [4.69, 9.17) is 9.15 Å². The maximum absolute atomic E-state index is 9.25. The number of ether oxygens (including phenoxy) is 1. The zero-order valence-corrected chi connectivity index (χ0v) is 11.4. The Bertz CT molecular complexity index is 707. The van der Waals surface area contributed by atoms with Gasteiger partial charge in [-0.15, -0.1) is 0 Å². The number of rotatable bonds is 5. The molecule has 0 bridgehead atoms. The second-order valence-electron chi connectivity index (χ2n) is 4.56. The first-order valence-corrected chi connectivity index (χ1v) is 6.68. The van der Waals surface area contributed by atoms with Crippen molar-refractivity contribution in [2.45, 2.75) is 13.2 Å². The molecule has 4 heteroatoms. The molecule has 3 rings (SSSR count). The van der Waals surface area contributed by atoms with E-state index in [9.17, 15) is 5.11 Å². The first kappa shape index (κ1) is 13.4. The molecular formula is C17H15NO3. The molecule has 0 radical (unpaired) electrons. The summed E-state index contributed by atoms with van der Waals surface area (Å²) in [6.07, 6.45) is 1.59. The van der Waals surface area contributed by atoms with Crippen LogP contribution in [-0.4, -0.2) is 10.1 Å². The van der Waals surface area contributed by atoms with E-state index in [2.05, 4.69) is 4.98 Å². The van der Waals surface area contributed by atoms with Crippen molar-refractivity contribution in [1.29, 1.82) is 0 Å². The number of hydrogen-bond acceptors (Lipinski definition) is 4. The number of hydrogen-bond donors (Lipinski definition) is 1. The number of aromatic nitrogens is 1. The Kier molecular flexibility index (Phi) is 3.98. The normalized spacial score (nSPS) is 10.5. The highest BCUT2D eigenvalue weighted by Crippen LogP contribution is 2.21. The molecule has 1 N–H and O–H groups in total. The van der Waals surface area contributed by atoms with E-state index >= 15 is 0 Å². The maximum Gasteiger partial charge on any atom is 0.226 e. The molecule has 106 valence electrons. The van der Waals surface area contributed by atoms with Crippen molar-refractivity contribution >= 4 is 0 Å². The summed E-state index contributed by atoms with van der Waals surface area (Å²) in [6.45, 7) is 0.248. The molecule has 0 aliphatic carbocycles. The smallest absolute Gasteiger partial charge is 0.226 e. The Hall–Kier alpha value is -2.59. The highest BCUT2D eigenvalue weighted by molar-refractivity contribution is 5.52. The van der Waals surface area contributed by atoms with Crippen LogP contribution in [0.25, 0.3) is 11.5 Å². The monoisotopic (exact) mass is 281 g/mol. The lowest BCUT2D eigenvalue weighted by atomic mass is 10.2. The lowest BCUT2D eigenvalue weighted by Gasteiger charge is -2.07. The van der Waals surface area contributed by atoms with Gasteiger partial charge in [0.15, 0.2) is 0 Å². The summed E-state index contributed by atoms with van der Waals surface area (Å²) in [6, 6.07) is 17.1. The predicted octanol–water partition coefficient (Wildman–Crippen LogP) is 3.41. The summed E-state index contributed by atoms with van der Waals surface area (Å²) in [5.74, 6) is 1.23. The lowest BCUT2D eigenvalue weighted by molar-refractivity contribution is 0.257. The zero-order chi connectivity index (χ0) is 14.5. The Morgan fingerprint density at radius 3 is 2.57 bits per heavy atom. The van der Waals surface area contributed by atoms with E-state index in [1.54, 1.807) is 6.26 Å². The molecule has 2 aromatic carbocycles. The molecule has 1 heterocycles. The molecule has 0 amide bonds. The van der Waals surface area contributed by atoms with Crippen molar-refractivity contribution in [3.05, 3.63) is 72.1 Å². The Labute approximate surface area is 122 Å². The maximum atomic E-state index is 9.25. The topological polar surface area (TPSA) is 55.5 Å². The van der Waals surface area contributed by atoms with Gasteiger partial charge in [-0.3, -0.25) is 0 Å². The Morgan fingerprint density at radius 1 is 1.00 bits per heavy atom. The van der Waals surface area contributed by atoms with E-state index < -0.39 is 0 Å². The third-order valence-corrected chi connectivity index (χ3v) is 3.09. The summed E-state index contributed by atoms with van der Waals surface area (Å²) in [4.78, 5) is 4.40. The summed E-state index contributed by atoms with van der Waals surface area (Å²) >= 11 is 0. The van der Waals surface area contributed by atoms with E-state index in [0.717, 1.165) is 11.1 Å². The second kappa shape index (κ2) is 6.24. The fourth-order valence-corrected chi connectivity index (χ4v) is 2.01. The molecule has 0 unspecified atom stereocenters. The molecule has 21 heavy (non-hydrogen) atoms. The quantitative estimate of drug-likeness (QED) is 0.778. The van der Waals surface area contributed by atoms with Crippen LogP contribution >= 0.6 is 0 Å². The van der Waals surface area contributed by atoms with Crippen LogP contribution in [0.2, 0.25) is 0 Å². The molecule has 3 aromatic rings. The van der Waals surface area contributed by atoms with Gasteiger partial charge in [-0.2, -0.15) is 0 Å². The van der Waals surface area contributed by atoms with E-state index in [-0.39, 0.29) is 6.61 Å². The minimum atomic E-state index is -0.0513. The molecule has 0 aliphatic rings. The van der Waals surface area contributed by atoms with Gasteiger partial charge in [0.1, 0.15) is 24.3 Å². The van der Waals surface area contributed by atoms with Crippen molar-refractivity contribution in [1.82, 2.24) is 4.98 Å². The third kappa shape index (κ3) is 3.12. The van der Waals surface area contributed by atoms with E-state index in [0.29, 0.717) is 23.9 Å². The summed E-state index contributed by atoms with van der Waals surface area (Å²) in [7, 11) is 0. The van der Waals surface area contributed by atoms with Crippen LogP contribution in [0.3, 0.4) is 0 Å². The molecule has 1 aromatic heterocycles. The van der Waals surface area contributed by atoms with E-state index in [1.165, 1.54) is 0 Å². The highest BCUT2D eigenvalue weighted by Gasteiger charge is 2.08. The number of para-hydroxylation sites is 1. The third-order valence-electron chi connectivity index (χ3n) is 3.09. The molecular weight excluding hydrogens is 266 g/mol. The molecule has 0 saturated heterocycles. The summed E-state index contributed by atoms with van der Waals surface area (Å²) in [5, 5.41) is 9.25. The summed E-state index contributed by atoms with van der Waals surface area (Å²) in [5.41, 5.74) is 2.39. The largest absolute Gasteiger partial charge is 0.487 e. The van der Waals surface area contributed by atoms with Crippen molar-refractivity contribution in [3.63, 3.8) is 0 Å². The zero-order valence-electron chi connectivity index (χ0n) is 11.4. The number of aliphatic hydroxyl groups is 1. The van der Waals surface area contributed by atoms with Gasteiger partial charge in [0.05, 0.1) is 6.61 Å². The van der Waals surface area contributed by atoms with Crippen LogP contribution in [0.5, 0.6) is 5.75 Å². The summed E-state index contributed by atoms with van der Waals surface area (Å²) < 4.78 is 11.1. The van der Waals surface area contributed by atoms with Crippen LogP contribution in [-0.2, 0) is 13.2 Å². The number of oxazole rings is 1. The van der Waals surface area contributed by atoms with Crippen molar-refractivity contribution in [3.8, 4) is 17.2 Å². The van der Waals surface area contributed by atoms with Gasteiger partial charge in [0.25, 0.3) is 0 Å². The van der Waals surface area contributed by atoms with Crippen LogP contribution in [0.4, 0.5) is 0 Å². The van der Waals surface area contributed by atoms with Crippen molar-refractivity contribution < 1.29 is 14.3 Å². The Balaban J connectivity index is 1.71. The molecule has 0 fully saturated rings. The van der Waals surface area contributed by atoms with Crippen LogP contribution in [0.15, 0.2) is 65.3 Å². The van der Waals surface area contributed by atoms with Gasteiger partial charge in [0, 0.05) is 11.1 Å². The van der Waals surface area contributed by atoms with Gasteiger partial charge < -0.3 is 14.3 Å². The van der Waals surface area contributed by atoms with Gasteiger partial charge in [-0.1, -0.05) is 36.4 Å². The molecule has 0 aliphatic heterocycles. The second-order valence-corrected chi connectivity index (χ2v) is 4.56. The average Bonchev–Trinajstić information content (AvgIpc) is 3.03. The molecule has 0 spiro atoms. The van der Waals surface area contributed by atoms with Gasteiger partial charge in [0.2, 0.25) is 5.89 Å². The van der Waals surface area contributed by atoms with E-state index in [1.807, 2.05) is 54.6 Å². The van der Waals surface area contributed by atoms with Crippen LogP contribution in [0, 0.1) is 0 Å². The Morgan fingerprint density at radius 2 is 1.76 bits per heavy atom. The SMILES string of the molecule is OCc1ccccc1OCc1coc(-c2ccccc2)n1. The van der Waals surface area contributed by atoms with Crippen LogP contribution < -0.4 is 4.74 Å². The fraction of sp³-hybridized carbons (Fsp3) is 0.118. The number of benzene rings is 2. The first-order valence-electron chi connectivity index (χ1n) is 6.68. The minimum Gasteiger partial charge on any atom is -0.487 e. The van der Waals surface area contributed by atoms with Gasteiger partial charge >= 0.3 is 0 Å². The molecule has 4 nitrogen and oxygen atoms in total. The standard InChI is InChI=1S/C17H15NO3/c19-10-14-8-4-5-9-16(14)20-11-15-12-21-17(18-15)13-6-2-1-3-7-13/h1-9,12,19H,10-11H2. The highest BCUT2D eigenvalue weighted by atomic mass is 16.5. The first-order chi connectivity index (χ1) is 10.4. The predicted molar refractivity (Wildman–Crippen MR) is 78.6 cm³/mol. The molecule has 0 atom stereocenters. The number of nitrogens with zero attached hydrogens (tertiary/aromatic N) is 1.